The van der Waals surface area contributed by atoms with Crippen molar-refractivity contribution >= 4 is 46.4 Å². The van der Waals surface area contributed by atoms with E-state index in [-0.39, 0.29) is 11.8 Å². The summed E-state index contributed by atoms with van der Waals surface area (Å²) in [5.41, 5.74) is 3.85. The first kappa shape index (κ1) is 23.2. The van der Waals surface area contributed by atoms with Crippen LogP contribution in [0.2, 0.25) is 10.2 Å². The molecule has 2 amide bonds. The molecule has 0 bridgehead atoms. The van der Waals surface area contributed by atoms with Crippen molar-refractivity contribution in [1.82, 2.24) is 9.97 Å². The molecule has 1 aromatic carbocycles. The molecule has 170 valence electrons. The van der Waals surface area contributed by atoms with Crippen LogP contribution in [0.5, 0.6) is 0 Å². The summed E-state index contributed by atoms with van der Waals surface area (Å²) in [5.74, 6) is 0.450. The van der Waals surface area contributed by atoms with E-state index in [1.165, 1.54) is 0 Å². The minimum atomic E-state index is -0.105. The monoisotopic (exact) mass is 482 g/mol. The Morgan fingerprint density at radius 1 is 1.06 bits per heavy atom. The highest BCUT2D eigenvalue weighted by Gasteiger charge is 2.27. The molecule has 33 heavy (non-hydrogen) atoms. The van der Waals surface area contributed by atoms with Crippen LogP contribution in [0.15, 0.2) is 54.9 Å². The SMILES string of the molecule is CC(=O)N(CC1CC1)c1ccc(-c2ccc(NC(=O)CCc3ccc(Cl)nc3)cn2)cc1Cl. The molecule has 0 unspecified atom stereocenters. The second kappa shape index (κ2) is 10.3. The summed E-state index contributed by atoms with van der Waals surface area (Å²) in [5, 5.41) is 3.80. The van der Waals surface area contributed by atoms with Gasteiger partial charge in [-0.25, -0.2) is 4.98 Å². The van der Waals surface area contributed by atoms with Gasteiger partial charge in [0.1, 0.15) is 5.15 Å². The first-order valence-electron chi connectivity index (χ1n) is 10.8. The van der Waals surface area contributed by atoms with E-state index < -0.39 is 0 Å². The molecule has 1 aliphatic rings. The Hall–Kier alpha value is -2.96. The predicted octanol–water partition coefficient (Wildman–Crippen LogP) is 5.78. The lowest BCUT2D eigenvalue weighted by atomic mass is 10.1. The topological polar surface area (TPSA) is 75.2 Å². The van der Waals surface area contributed by atoms with Crippen molar-refractivity contribution in [3.05, 3.63) is 70.6 Å². The maximum atomic E-state index is 12.3. The number of carbonyl (C=O) groups is 2. The summed E-state index contributed by atoms with van der Waals surface area (Å²) >= 11 is 12.3. The third-order valence-electron chi connectivity index (χ3n) is 5.53. The van der Waals surface area contributed by atoms with Gasteiger partial charge in [-0.3, -0.25) is 14.6 Å². The molecule has 0 radical (unpaired) electrons. The van der Waals surface area contributed by atoms with Crippen molar-refractivity contribution in [3.63, 3.8) is 0 Å². The number of pyridine rings is 2. The minimum Gasteiger partial charge on any atom is -0.325 e. The zero-order valence-electron chi connectivity index (χ0n) is 18.2. The van der Waals surface area contributed by atoms with Gasteiger partial charge in [-0.15, -0.1) is 0 Å². The summed E-state index contributed by atoms with van der Waals surface area (Å²) in [7, 11) is 0. The van der Waals surface area contributed by atoms with E-state index in [4.69, 9.17) is 23.2 Å². The van der Waals surface area contributed by atoms with Gasteiger partial charge >= 0.3 is 0 Å². The maximum absolute atomic E-state index is 12.3. The maximum Gasteiger partial charge on any atom is 0.224 e. The molecule has 3 aromatic rings. The summed E-state index contributed by atoms with van der Waals surface area (Å²) in [6, 6.07) is 12.8. The lowest BCUT2D eigenvalue weighted by Crippen LogP contribution is -2.30. The summed E-state index contributed by atoms with van der Waals surface area (Å²) in [6.45, 7) is 2.27. The number of anilines is 2. The Morgan fingerprint density at radius 2 is 1.88 bits per heavy atom. The molecule has 2 heterocycles. The second-order valence-corrected chi connectivity index (χ2v) is 9.00. The van der Waals surface area contributed by atoms with Crippen LogP contribution in [0.3, 0.4) is 0 Å². The lowest BCUT2D eigenvalue weighted by Gasteiger charge is -2.22. The fourth-order valence-electron chi connectivity index (χ4n) is 3.51. The molecule has 0 aliphatic heterocycles. The van der Waals surface area contributed by atoms with Gasteiger partial charge in [-0.1, -0.05) is 35.3 Å². The Labute approximate surface area is 203 Å². The van der Waals surface area contributed by atoms with Crippen LogP contribution in [-0.4, -0.2) is 28.3 Å². The van der Waals surface area contributed by atoms with E-state index in [1.54, 1.807) is 36.4 Å². The Morgan fingerprint density at radius 3 is 2.48 bits per heavy atom. The average Bonchev–Trinajstić information content (AvgIpc) is 3.62. The van der Waals surface area contributed by atoms with Gasteiger partial charge < -0.3 is 10.2 Å². The van der Waals surface area contributed by atoms with Crippen molar-refractivity contribution in [2.45, 2.75) is 32.6 Å². The van der Waals surface area contributed by atoms with Crippen LogP contribution in [0.4, 0.5) is 11.4 Å². The van der Waals surface area contributed by atoms with Gasteiger partial charge in [0, 0.05) is 31.6 Å². The van der Waals surface area contributed by atoms with Crippen LogP contribution in [0.25, 0.3) is 11.3 Å². The molecule has 0 atom stereocenters. The molecule has 0 saturated heterocycles. The number of nitrogens with zero attached hydrogens (tertiary/aromatic N) is 3. The van der Waals surface area contributed by atoms with E-state index in [2.05, 4.69) is 15.3 Å². The quantitative estimate of drug-likeness (QED) is 0.412. The zero-order chi connectivity index (χ0) is 23.4. The second-order valence-electron chi connectivity index (χ2n) is 8.21. The number of hydrogen-bond donors (Lipinski definition) is 1. The first-order valence-corrected chi connectivity index (χ1v) is 11.6. The molecular weight excluding hydrogens is 459 g/mol. The van der Waals surface area contributed by atoms with Gasteiger partial charge in [-0.05, 0) is 61.1 Å². The van der Waals surface area contributed by atoms with Gasteiger partial charge in [0.05, 0.1) is 28.3 Å². The van der Waals surface area contributed by atoms with Crippen molar-refractivity contribution in [3.8, 4) is 11.3 Å². The Kier molecular flexibility index (Phi) is 7.26. The zero-order valence-corrected chi connectivity index (χ0v) is 19.7. The fraction of sp³-hybridized carbons (Fsp3) is 0.280. The number of carbonyl (C=O) groups excluding carboxylic acids is 2. The smallest absolute Gasteiger partial charge is 0.224 e. The van der Waals surface area contributed by atoms with Gasteiger partial charge in [0.2, 0.25) is 11.8 Å². The number of amides is 2. The number of aryl methyl sites for hydroxylation is 1. The number of aromatic nitrogens is 2. The standard InChI is InChI=1S/C25H24Cl2N4O2/c1-16(32)31(15-18-2-3-18)23-9-6-19(12-21(23)26)22-8-7-20(14-28-22)30-25(33)11-5-17-4-10-24(27)29-13-17/h4,6-10,12-14,18H,2-3,5,11,15H2,1H3,(H,30,33). The van der Waals surface area contributed by atoms with Crippen LogP contribution in [0.1, 0.15) is 31.7 Å². The summed E-state index contributed by atoms with van der Waals surface area (Å²) in [6.07, 6.45) is 6.51. The van der Waals surface area contributed by atoms with Gasteiger partial charge in [-0.2, -0.15) is 0 Å². The van der Waals surface area contributed by atoms with Crippen LogP contribution in [-0.2, 0) is 16.0 Å². The number of benzene rings is 1. The molecule has 8 heteroatoms. The highest BCUT2D eigenvalue weighted by molar-refractivity contribution is 6.34. The summed E-state index contributed by atoms with van der Waals surface area (Å²) < 4.78 is 0. The largest absolute Gasteiger partial charge is 0.325 e. The van der Waals surface area contributed by atoms with E-state index in [1.807, 2.05) is 30.3 Å². The molecule has 4 rings (SSSR count). The fourth-order valence-corrected chi connectivity index (χ4v) is 3.91. The van der Waals surface area contributed by atoms with Gasteiger partial charge in [0.25, 0.3) is 0 Å². The molecular formula is C25H24Cl2N4O2. The van der Waals surface area contributed by atoms with Crippen molar-refractivity contribution < 1.29 is 9.59 Å². The third kappa shape index (κ3) is 6.30. The van der Waals surface area contributed by atoms with E-state index in [9.17, 15) is 9.59 Å². The molecule has 0 spiro atoms. The van der Waals surface area contributed by atoms with Crippen LogP contribution < -0.4 is 10.2 Å². The number of halogens is 2. The van der Waals surface area contributed by atoms with Crippen LogP contribution in [0, 0.1) is 5.92 Å². The molecule has 2 aromatic heterocycles. The lowest BCUT2D eigenvalue weighted by molar-refractivity contribution is -0.117. The van der Waals surface area contributed by atoms with Crippen LogP contribution >= 0.6 is 23.2 Å². The summed E-state index contributed by atoms with van der Waals surface area (Å²) in [4.78, 5) is 34.6. The molecule has 1 fully saturated rings. The molecule has 1 aliphatic carbocycles. The molecule has 1 saturated carbocycles. The number of hydrogen-bond acceptors (Lipinski definition) is 4. The van der Waals surface area contributed by atoms with Gasteiger partial charge in [0.15, 0.2) is 0 Å². The third-order valence-corrected chi connectivity index (χ3v) is 6.05. The number of rotatable bonds is 8. The van der Waals surface area contributed by atoms with E-state index in [0.717, 1.165) is 35.3 Å². The van der Waals surface area contributed by atoms with E-state index >= 15 is 0 Å². The van der Waals surface area contributed by atoms with E-state index in [0.29, 0.717) is 41.2 Å². The predicted molar refractivity (Wildman–Crippen MR) is 132 cm³/mol. The van der Waals surface area contributed by atoms with Crippen molar-refractivity contribution in [1.29, 1.82) is 0 Å². The Bertz CT molecular complexity index is 1150. The first-order chi connectivity index (χ1) is 15.9. The Balaban J connectivity index is 1.38. The average molecular weight is 483 g/mol. The number of nitrogens with one attached hydrogen (secondary N) is 1. The minimum absolute atomic E-state index is 0.0119. The highest BCUT2D eigenvalue weighted by atomic mass is 35.5. The van der Waals surface area contributed by atoms with Crippen molar-refractivity contribution in [2.24, 2.45) is 5.92 Å². The van der Waals surface area contributed by atoms with Crippen molar-refractivity contribution in [2.75, 3.05) is 16.8 Å². The molecule has 6 nitrogen and oxygen atoms in total. The molecule has 1 N–H and O–H groups in total. The highest BCUT2D eigenvalue weighted by Crippen LogP contribution is 2.35. The normalized spacial score (nSPS) is 12.9.